The Morgan fingerprint density at radius 1 is 1.29 bits per heavy atom. The molecule has 0 radical (unpaired) electrons. The summed E-state index contributed by atoms with van der Waals surface area (Å²) in [5, 5.41) is 15.3. The number of nitrogens with zero attached hydrogens (tertiary/aromatic N) is 1. The molecule has 2 aliphatic carbocycles. The van der Waals surface area contributed by atoms with Gasteiger partial charge in [0.15, 0.2) is 5.84 Å². The average molecular weight is 295 g/mol. The molecule has 0 aromatic heterocycles. The van der Waals surface area contributed by atoms with E-state index in [2.05, 4.69) is 17.4 Å². The summed E-state index contributed by atoms with van der Waals surface area (Å²) in [6.07, 6.45) is 10.4. The van der Waals surface area contributed by atoms with E-state index in [0.717, 1.165) is 31.6 Å². The van der Waals surface area contributed by atoms with Crippen molar-refractivity contribution in [1.29, 1.82) is 0 Å². The molecule has 0 aromatic carbocycles. The molecule has 0 heterocycles. The third-order valence-corrected chi connectivity index (χ3v) is 5.37. The zero-order chi connectivity index (χ0) is 15.3. The van der Waals surface area contributed by atoms with Crippen molar-refractivity contribution in [2.45, 2.75) is 77.2 Å². The minimum absolute atomic E-state index is 0.0331. The van der Waals surface area contributed by atoms with Crippen LogP contribution in [0.15, 0.2) is 5.16 Å². The second-order valence-corrected chi connectivity index (χ2v) is 6.75. The highest BCUT2D eigenvalue weighted by Crippen LogP contribution is 2.39. The largest absolute Gasteiger partial charge is 0.409 e. The SMILES string of the molecule is CCCC1CCC(NC(=O)C2(C(N)=NO)CCCC2)CC1. The Hall–Kier alpha value is -1.26. The van der Waals surface area contributed by atoms with Crippen molar-refractivity contribution >= 4 is 11.7 Å². The minimum atomic E-state index is -0.769. The van der Waals surface area contributed by atoms with Crippen molar-refractivity contribution in [2.24, 2.45) is 22.2 Å². The fourth-order valence-electron chi connectivity index (χ4n) is 4.00. The first-order valence-corrected chi connectivity index (χ1v) is 8.41. The van der Waals surface area contributed by atoms with Crippen LogP contribution in [0.3, 0.4) is 0 Å². The van der Waals surface area contributed by atoms with Crippen molar-refractivity contribution in [1.82, 2.24) is 5.32 Å². The zero-order valence-corrected chi connectivity index (χ0v) is 13.1. The maximum absolute atomic E-state index is 12.7. The quantitative estimate of drug-likeness (QED) is 0.315. The number of oxime groups is 1. The second kappa shape index (κ2) is 7.14. The van der Waals surface area contributed by atoms with E-state index in [0.29, 0.717) is 12.8 Å². The summed E-state index contributed by atoms with van der Waals surface area (Å²) < 4.78 is 0. The predicted octanol–water partition coefficient (Wildman–Crippen LogP) is 2.77. The molecule has 0 aliphatic heterocycles. The van der Waals surface area contributed by atoms with Gasteiger partial charge >= 0.3 is 0 Å². The molecular weight excluding hydrogens is 266 g/mol. The van der Waals surface area contributed by atoms with Gasteiger partial charge in [-0.05, 0) is 44.4 Å². The number of nitrogens with one attached hydrogen (secondary N) is 1. The van der Waals surface area contributed by atoms with Gasteiger partial charge in [-0.2, -0.15) is 0 Å². The Balaban J connectivity index is 1.92. The van der Waals surface area contributed by atoms with Gasteiger partial charge in [-0.25, -0.2) is 0 Å². The molecule has 2 rings (SSSR count). The molecule has 1 amide bonds. The van der Waals surface area contributed by atoms with Crippen molar-refractivity contribution in [3.05, 3.63) is 0 Å². The third-order valence-electron chi connectivity index (χ3n) is 5.37. The average Bonchev–Trinajstić information content (AvgIpc) is 2.99. The van der Waals surface area contributed by atoms with Gasteiger partial charge in [-0.3, -0.25) is 4.79 Å². The van der Waals surface area contributed by atoms with E-state index < -0.39 is 5.41 Å². The highest BCUT2D eigenvalue weighted by Gasteiger charge is 2.46. The normalized spacial score (nSPS) is 29.3. The molecule has 0 saturated heterocycles. The van der Waals surface area contributed by atoms with Crippen LogP contribution in [0.2, 0.25) is 0 Å². The van der Waals surface area contributed by atoms with Crippen LogP contribution in [-0.2, 0) is 4.79 Å². The highest BCUT2D eigenvalue weighted by atomic mass is 16.4. The van der Waals surface area contributed by atoms with Crippen LogP contribution in [0.5, 0.6) is 0 Å². The fraction of sp³-hybridized carbons (Fsp3) is 0.875. The number of hydrogen-bond donors (Lipinski definition) is 3. The minimum Gasteiger partial charge on any atom is -0.409 e. The van der Waals surface area contributed by atoms with Crippen LogP contribution in [0.4, 0.5) is 0 Å². The molecule has 0 aromatic rings. The van der Waals surface area contributed by atoms with Gasteiger partial charge in [-0.15, -0.1) is 0 Å². The Bertz CT molecular complexity index is 381. The van der Waals surface area contributed by atoms with Gasteiger partial charge in [0.05, 0.1) is 0 Å². The molecular formula is C16H29N3O2. The lowest BCUT2D eigenvalue weighted by Crippen LogP contribution is -2.51. The molecule has 5 nitrogen and oxygen atoms in total. The standard InChI is InChI=1S/C16H29N3O2/c1-2-5-12-6-8-13(9-7-12)18-15(20)16(14(17)19-21)10-3-4-11-16/h12-13,21H,2-11H2,1H3,(H2,17,19)(H,18,20). The van der Waals surface area contributed by atoms with E-state index >= 15 is 0 Å². The molecule has 0 unspecified atom stereocenters. The summed E-state index contributed by atoms with van der Waals surface area (Å²) in [6.45, 7) is 2.23. The molecule has 2 fully saturated rings. The predicted molar refractivity (Wildman–Crippen MR) is 83.1 cm³/mol. The number of carbonyl (C=O) groups is 1. The van der Waals surface area contributed by atoms with Crippen LogP contribution in [0.1, 0.15) is 71.1 Å². The highest BCUT2D eigenvalue weighted by molar-refractivity contribution is 6.07. The van der Waals surface area contributed by atoms with Gasteiger partial charge < -0.3 is 16.3 Å². The number of carbonyl (C=O) groups excluding carboxylic acids is 1. The monoisotopic (exact) mass is 295 g/mol. The fourth-order valence-corrected chi connectivity index (χ4v) is 4.00. The van der Waals surface area contributed by atoms with Crippen LogP contribution < -0.4 is 11.1 Å². The maximum atomic E-state index is 12.7. The first-order valence-electron chi connectivity index (χ1n) is 8.41. The van der Waals surface area contributed by atoms with Gasteiger partial charge in [0, 0.05) is 6.04 Å². The maximum Gasteiger partial charge on any atom is 0.234 e. The molecule has 5 heteroatoms. The number of amidine groups is 1. The Labute approximate surface area is 127 Å². The van der Waals surface area contributed by atoms with E-state index in [1.54, 1.807) is 0 Å². The number of nitrogens with two attached hydrogens (primary N) is 1. The van der Waals surface area contributed by atoms with Gasteiger partial charge in [0.2, 0.25) is 5.91 Å². The molecule has 2 aliphatic rings. The van der Waals surface area contributed by atoms with E-state index in [9.17, 15) is 4.79 Å². The summed E-state index contributed by atoms with van der Waals surface area (Å²) in [5.74, 6) is 0.874. The van der Waals surface area contributed by atoms with Crippen LogP contribution in [0, 0.1) is 11.3 Å². The van der Waals surface area contributed by atoms with Crippen molar-refractivity contribution in [2.75, 3.05) is 0 Å². The molecule has 120 valence electrons. The van der Waals surface area contributed by atoms with E-state index in [1.807, 2.05) is 0 Å². The van der Waals surface area contributed by atoms with E-state index in [1.165, 1.54) is 25.7 Å². The van der Waals surface area contributed by atoms with Crippen molar-refractivity contribution in [3.8, 4) is 0 Å². The zero-order valence-electron chi connectivity index (χ0n) is 13.1. The van der Waals surface area contributed by atoms with Gasteiger partial charge in [0.25, 0.3) is 0 Å². The lowest BCUT2D eigenvalue weighted by atomic mass is 9.81. The van der Waals surface area contributed by atoms with Crippen LogP contribution in [-0.4, -0.2) is 23.0 Å². The van der Waals surface area contributed by atoms with E-state index in [-0.39, 0.29) is 17.8 Å². The molecule has 2 saturated carbocycles. The molecule has 4 N–H and O–H groups in total. The number of rotatable bonds is 5. The summed E-state index contributed by atoms with van der Waals surface area (Å²) in [7, 11) is 0. The van der Waals surface area contributed by atoms with Crippen molar-refractivity contribution in [3.63, 3.8) is 0 Å². The smallest absolute Gasteiger partial charge is 0.234 e. The summed E-state index contributed by atoms with van der Waals surface area (Å²) in [6, 6.07) is 0.259. The topological polar surface area (TPSA) is 87.7 Å². The van der Waals surface area contributed by atoms with Gasteiger partial charge in [0.1, 0.15) is 5.41 Å². The Morgan fingerprint density at radius 2 is 1.90 bits per heavy atom. The first-order chi connectivity index (χ1) is 10.1. The Kier molecular flexibility index (Phi) is 5.48. The van der Waals surface area contributed by atoms with Crippen LogP contribution >= 0.6 is 0 Å². The second-order valence-electron chi connectivity index (χ2n) is 6.75. The Morgan fingerprint density at radius 3 is 2.43 bits per heavy atom. The van der Waals surface area contributed by atoms with Crippen LogP contribution in [0.25, 0.3) is 0 Å². The first kappa shape index (κ1) is 16.1. The number of amides is 1. The van der Waals surface area contributed by atoms with Crippen molar-refractivity contribution < 1.29 is 10.0 Å². The molecule has 21 heavy (non-hydrogen) atoms. The molecule has 0 atom stereocenters. The molecule has 0 spiro atoms. The van der Waals surface area contributed by atoms with Gasteiger partial charge in [-0.1, -0.05) is 37.8 Å². The summed E-state index contributed by atoms with van der Waals surface area (Å²) >= 11 is 0. The lowest BCUT2D eigenvalue weighted by Gasteiger charge is -2.33. The summed E-state index contributed by atoms with van der Waals surface area (Å²) in [4.78, 5) is 12.7. The molecule has 0 bridgehead atoms. The summed E-state index contributed by atoms with van der Waals surface area (Å²) in [5.41, 5.74) is 5.05. The number of hydrogen-bond acceptors (Lipinski definition) is 3. The van der Waals surface area contributed by atoms with E-state index in [4.69, 9.17) is 10.9 Å². The third kappa shape index (κ3) is 3.50. The lowest BCUT2D eigenvalue weighted by molar-refractivity contribution is -0.128.